The first kappa shape index (κ1) is 10.5. The Hall–Kier alpha value is -0.980. The zero-order chi connectivity index (χ0) is 10.7. The molecule has 0 spiro atoms. The summed E-state index contributed by atoms with van der Waals surface area (Å²) in [5.74, 6) is 0. The zero-order valence-corrected chi connectivity index (χ0v) is 9.52. The van der Waals surface area contributed by atoms with Gasteiger partial charge in [0.25, 0.3) is 0 Å². The van der Waals surface area contributed by atoms with Gasteiger partial charge in [0.2, 0.25) is 0 Å². The van der Waals surface area contributed by atoms with Crippen LogP contribution >= 0.6 is 23.2 Å². The van der Waals surface area contributed by atoms with Crippen molar-refractivity contribution in [2.75, 3.05) is 0 Å². The summed E-state index contributed by atoms with van der Waals surface area (Å²) in [7, 11) is 0. The molecular formula is C13H9Cl2. The van der Waals surface area contributed by atoms with Gasteiger partial charge in [-0.15, -0.1) is 0 Å². The first-order valence-corrected chi connectivity index (χ1v) is 5.41. The third kappa shape index (κ3) is 2.53. The fourth-order valence-corrected chi connectivity index (χ4v) is 1.79. The Labute approximate surface area is 99.5 Å². The summed E-state index contributed by atoms with van der Waals surface area (Å²) < 4.78 is 0. The fraction of sp³-hybridized carbons (Fsp3) is 0.0769. The van der Waals surface area contributed by atoms with E-state index in [-0.39, 0.29) is 0 Å². The van der Waals surface area contributed by atoms with E-state index < -0.39 is 0 Å². The van der Waals surface area contributed by atoms with E-state index >= 15 is 0 Å². The molecule has 0 atom stereocenters. The Morgan fingerprint density at radius 1 is 1.00 bits per heavy atom. The van der Waals surface area contributed by atoms with Gasteiger partial charge < -0.3 is 0 Å². The third-order valence-corrected chi connectivity index (χ3v) is 3.03. The first-order valence-electron chi connectivity index (χ1n) is 4.66. The van der Waals surface area contributed by atoms with Crippen molar-refractivity contribution in [1.82, 2.24) is 0 Å². The molecule has 0 N–H and O–H groups in total. The highest BCUT2D eigenvalue weighted by molar-refractivity contribution is 6.42. The lowest BCUT2D eigenvalue weighted by atomic mass is 10.1. The average Bonchev–Trinajstić information content (AvgIpc) is 2.26. The van der Waals surface area contributed by atoms with Crippen molar-refractivity contribution in [3.8, 4) is 0 Å². The minimum atomic E-state index is 0.585. The van der Waals surface area contributed by atoms with Crippen molar-refractivity contribution in [2.24, 2.45) is 0 Å². The monoisotopic (exact) mass is 235 g/mol. The number of rotatable bonds is 2. The molecule has 0 fully saturated rings. The lowest BCUT2D eigenvalue weighted by Crippen LogP contribution is -1.89. The van der Waals surface area contributed by atoms with Crippen LogP contribution in [0, 0.1) is 6.07 Å². The van der Waals surface area contributed by atoms with E-state index in [0.29, 0.717) is 10.0 Å². The quantitative estimate of drug-likeness (QED) is 0.725. The fourth-order valence-electron chi connectivity index (χ4n) is 1.42. The van der Waals surface area contributed by atoms with E-state index in [1.165, 1.54) is 5.56 Å². The molecule has 0 aliphatic rings. The number of hydrogen-bond acceptors (Lipinski definition) is 0. The highest BCUT2D eigenvalue weighted by atomic mass is 35.5. The van der Waals surface area contributed by atoms with Crippen LogP contribution in [0.1, 0.15) is 11.1 Å². The summed E-state index contributed by atoms with van der Waals surface area (Å²) in [6.07, 6.45) is 0.764. The molecule has 0 aliphatic carbocycles. The molecular weight excluding hydrogens is 227 g/mol. The molecule has 0 heterocycles. The van der Waals surface area contributed by atoms with Gasteiger partial charge in [0.15, 0.2) is 0 Å². The Kier molecular flexibility index (Phi) is 3.30. The normalized spacial score (nSPS) is 10.3. The van der Waals surface area contributed by atoms with E-state index in [1.807, 2.05) is 18.2 Å². The van der Waals surface area contributed by atoms with Gasteiger partial charge in [-0.1, -0.05) is 59.6 Å². The maximum absolute atomic E-state index is 6.08. The van der Waals surface area contributed by atoms with Crippen molar-refractivity contribution in [2.45, 2.75) is 6.42 Å². The Balaban J connectivity index is 2.29. The van der Waals surface area contributed by atoms with Crippen LogP contribution in [0.25, 0.3) is 0 Å². The largest absolute Gasteiger partial charge is 0.0827 e. The SMILES string of the molecule is Clc1cc[c]c(Cc2ccccc2)c1Cl. The van der Waals surface area contributed by atoms with Gasteiger partial charge in [-0.05, 0) is 29.7 Å². The van der Waals surface area contributed by atoms with Crippen LogP contribution < -0.4 is 0 Å². The zero-order valence-electron chi connectivity index (χ0n) is 8.00. The molecule has 2 aromatic rings. The first-order chi connectivity index (χ1) is 7.27. The topological polar surface area (TPSA) is 0 Å². The van der Waals surface area contributed by atoms with E-state index in [1.54, 1.807) is 12.1 Å². The van der Waals surface area contributed by atoms with Crippen LogP contribution in [-0.2, 0) is 6.42 Å². The molecule has 0 unspecified atom stereocenters. The molecule has 75 valence electrons. The van der Waals surface area contributed by atoms with Crippen LogP contribution in [0.3, 0.4) is 0 Å². The number of halogens is 2. The maximum atomic E-state index is 6.08. The maximum Gasteiger partial charge on any atom is 0.0633 e. The molecule has 0 aromatic heterocycles. The van der Waals surface area contributed by atoms with Gasteiger partial charge in [0.1, 0.15) is 0 Å². The molecule has 0 bridgehead atoms. The summed E-state index contributed by atoms with van der Waals surface area (Å²) in [4.78, 5) is 0. The van der Waals surface area contributed by atoms with Crippen LogP contribution in [0.15, 0.2) is 42.5 Å². The number of benzene rings is 2. The van der Waals surface area contributed by atoms with Crippen LogP contribution in [0.5, 0.6) is 0 Å². The Bertz CT molecular complexity index is 449. The van der Waals surface area contributed by atoms with E-state index in [0.717, 1.165) is 12.0 Å². The van der Waals surface area contributed by atoms with E-state index in [9.17, 15) is 0 Å². The van der Waals surface area contributed by atoms with Crippen LogP contribution in [0.2, 0.25) is 10.0 Å². The molecule has 1 radical (unpaired) electrons. The molecule has 0 saturated heterocycles. The van der Waals surface area contributed by atoms with Gasteiger partial charge in [0, 0.05) is 0 Å². The van der Waals surface area contributed by atoms with Crippen LogP contribution in [-0.4, -0.2) is 0 Å². The highest BCUT2D eigenvalue weighted by Gasteiger charge is 2.04. The van der Waals surface area contributed by atoms with Crippen LogP contribution in [0.4, 0.5) is 0 Å². The minimum absolute atomic E-state index is 0.585. The summed E-state index contributed by atoms with van der Waals surface area (Å²) in [5.41, 5.74) is 2.15. The van der Waals surface area contributed by atoms with Gasteiger partial charge in [-0.25, -0.2) is 0 Å². The summed E-state index contributed by atoms with van der Waals surface area (Å²) in [6.45, 7) is 0. The minimum Gasteiger partial charge on any atom is -0.0827 e. The van der Waals surface area contributed by atoms with Gasteiger partial charge >= 0.3 is 0 Å². The predicted molar refractivity (Wildman–Crippen MR) is 64.5 cm³/mol. The summed E-state index contributed by atoms with van der Waals surface area (Å²) >= 11 is 12.0. The third-order valence-electron chi connectivity index (χ3n) is 2.19. The standard InChI is InChI=1S/C13H9Cl2/c14-12-8-4-7-11(13(12)15)9-10-5-2-1-3-6-10/h1-6,8H,9H2. The smallest absolute Gasteiger partial charge is 0.0633 e. The molecule has 2 rings (SSSR count). The predicted octanol–water partition coefficient (Wildman–Crippen LogP) is 4.38. The molecule has 2 heteroatoms. The van der Waals surface area contributed by atoms with Crippen molar-refractivity contribution < 1.29 is 0 Å². The lowest BCUT2D eigenvalue weighted by molar-refractivity contribution is 1.19. The van der Waals surface area contributed by atoms with Gasteiger partial charge in [-0.2, -0.15) is 0 Å². The number of hydrogen-bond donors (Lipinski definition) is 0. The van der Waals surface area contributed by atoms with Gasteiger partial charge in [0.05, 0.1) is 10.0 Å². The van der Waals surface area contributed by atoms with Crippen molar-refractivity contribution in [3.05, 3.63) is 69.7 Å². The summed E-state index contributed by atoms with van der Waals surface area (Å²) in [5, 5.41) is 1.18. The molecule has 0 aliphatic heterocycles. The van der Waals surface area contributed by atoms with E-state index in [4.69, 9.17) is 23.2 Å². The molecule has 0 amide bonds. The highest BCUT2D eigenvalue weighted by Crippen LogP contribution is 2.26. The summed E-state index contributed by atoms with van der Waals surface area (Å²) in [6, 6.07) is 16.8. The Morgan fingerprint density at radius 2 is 1.73 bits per heavy atom. The van der Waals surface area contributed by atoms with Crippen molar-refractivity contribution in [1.29, 1.82) is 0 Å². The van der Waals surface area contributed by atoms with Gasteiger partial charge in [-0.3, -0.25) is 0 Å². The second-order valence-electron chi connectivity index (χ2n) is 3.28. The second kappa shape index (κ2) is 4.69. The molecule has 0 nitrogen and oxygen atoms in total. The molecule has 2 aromatic carbocycles. The second-order valence-corrected chi connectivity index (χ2v) is 4.07. The van der Waals surface area contributed by atoms with E-state index in [2.05, 4.69) is 18.2 Å². The molecule has 15 heavy (non-hydrogen) atoms. The Morgan fingerprint density at radius 3 is 2.47 bits per heavy atom. The van der Waals surface area contributed by atoms with Crippen molar-refractivity contribution in [3.63, 3.8) is 0 Å². The molecule has 0 saturated carbocycles. The average molecular weight is 236 g/mol. The van der Waals surface area contributed by atoms with Crippen molar-refractivity contribution >= 4 is 23.2 Å². The lowest BCUT2D eigenvalue weighted by Gasteiger charge is -2.04.